The van der Waals surface area contributed by atoms with E-state index in [0.717, 1.165) is 56.1 Å². The molecule has 0 amide bonds. The topological polar surface area (TPSA) is 40.6 Å². The Hall–Kier alpha value is -5.42. The van der Waals surface area contributed by atoms with Crippen LogP contribution in [0.25, 0.3) is 66.9 Å². The lowest BCUT2D eigenvalue weighted by atomic mass is 10.1. The molecule has 4 aromatic carbocycles. The Balaban J connectivity index is 1.45. The van der Waals surface area contributed by atoms with Crippen LogP contribution in [0.2, 0.25) is 0 Å². The van der Waals surface area contributed by atoms with Crippen LogP contribution < -0.4 is 0 Å². The third kappa shape index (κ3) is 3.41. The molecule has 0 fully saturated rings. The molecule has 0 radical (unpaired) electrons. The van der Waals surface area contributed by atoms with Crippen molar-refractivity contribution in [2.45, 2.75) is 0 Å². The molecule has 8 aromatic rings. The highest BCUT2D eigenvalue weighted by Gasteiger charge is 2.19. The Labute approximate surface area is 231 Å². The monoisotopic (exact) mass is 515 g/mol. The van der Waals surface area contributed by atoms with Gasteiger partial charge in [-0.1, -0.05) is 54.6 Å². The van der Waals surface area contributed by atoms with E-state index in [-0.39, 0.29) is 0 Å². The Bertz CT molecular complexity index is 2170. The summed E-state index contributed by atoms with van der Waals surface area (Å²) in [6.45, 7) is 0. The molecule has 0 unspecified atom stereocenters. The summed E-state index contributed by atoms with van der Waals surface area (Å²) in [7, 11) is 2.09. The number of hydrogen-bond acceptors (Lipinski definition) is 2. The fourth-order valence-corrected chi connectivity index (χ4v) is 5.90. The standard InChI is InChI=1S/C35H25N5/c1-38-31-15-3-2-14-30(31)37-35(38)25-17-18-27-28-12-9-16-32(39-20-6-7-21-39)34(28)40(33(27)23-25)26-11-8-10-24(22-26)29-13-4-5-19-36-29/h2-23H,1H3. The predicted octanol–water partition coefficient (Wildman–Crippen LogP) is 8.19. The smallest absolute Gasteiger partial charge is 0.140 e. The number of rotatable bonds is 4. The first-order valence-electron chi connectivity index (χ1n) is 13.4. The molecule has 0 aliphatic carbocycles. The first kappa shape index (κ1) is 22.6. The van der Waals surface area contributed by atoms with Gasteiger partial charge >= 0.3 is 0 Å². The second-order valence-electron chi connectivity index (χ2n) is 10.1. The van der Waals surface area contributed by atoms with Crippen LogP contribution in [0, 0.1) is 0 Å². The van der Waals surface area contributed by atoms with E-state index >= 15 is 0 Å². The Morgan fingerprint density at radius 1 is 0.625 bits per heavy atom. The molecular formula is C35H25N5. The van der Waals surface area contributed by atoms with Gasteiger partial charge in [0, 0.05) is 53.2 Å². The number of aromatic nitrogens is 5. The minimum atomic E-state index is 0.952. The zero-order valence-electron chi connectivity index (χ0n) is 21.9. The minimum absolute atomic E-state index is 0.952. The van der Waals surface area contributed by atoms with Crippen molar-refractivity contribution < 1.29 is 0 Å². The van der Waals surface area contributed by atoms with Gasteiger partial charge in [0.2, 0.25) is 0 Å². The lowest BCUT2D eigenvalue weighted by Gasteiger charge is -2.13. The van der Waals surface area contributed by atoms with Crippen LogP contribution in [-0.2, 0) is 7.05 Å². The van der Waals surface area contributed by atoms with Gasteiger partial charge in [-0.05, 0) is 60.7 Å². The first-order valence-corrected chi connectivity index (χ1v) is 13.4. The molecule has 40 heavy (non-hydrogen) atoms. The predicted molar refractivity (Wildman–Crippen MR) is 163 cm³/mol. The summed E-state index contributed by atoms with van der Waals surface area (Å²) in [5, 5.41) is 2.41. The van der Waals surface area contributed by atoms with Gasteiger partial charge < -0.3 is 13.7 Å². The number of hydrogen-bond donors (Lipinski definition) is 0. The number of benzene rings is 4. The molecule has 0 saturated carbocycles. The lowest BCUT2D eigenvalue weighted by molar-refractivity contribution is 0.959. The van der Waals surface area contributed by atoms with Gasteiger partial charge in [0.15, 0.2) is 0 Å². The lowest BCUT2D eigenvalue weighted by Crippen LogP contribution is -2.00. The third-order valence-electron chi connectivity index (χ3n) is 7.76. The minimum Gasteiger partial charge on any atom is -0.327 e. The fourth-order valence-electron chi connectivity index (χ4n) is 5.90. The fraction of sp³-hybridized carbons (Fsp3) is 0.0286. The highest BCUT2D eigenvalue weighted by molar-refractivity contribution is 6.12. The van der Waals surface area contributed by atoms with Crippen LogP contribution in [0.5, 0.6) is 0 Å². The van der Waals surface area contributed by atoms with Crippen molar-refractivity contribution in [3.8, 4) is 34.0 Å². The maximum atomic E-state index is 5.00. The maximum absolute atomic E-state index is 5.00. The average molecular weight is 516 g/mol. The van der Waals surface area contributed by atoms with Crippen LogP contribution in [0.15, 0.2) is 134 Å². The van der Waals surface area contributed by atoms with E-state index in [1.54, 1.807) is 0 Å². The van der Waals surface area contributed by atoms with E-state index < -0.39 is 0 Å². The van der Waals surface area contributed by atoms with E-state index in [1.807, 2.05) is 24.4 Å². The molecule has 4 heterocycles. The van der Waals surface area contributed by atoms with Gasteiger partial charge in [-0.2, -0.15) is 0 Å². The zero-order valence-corrected chi connectivity index (χ0v) is 21.9. The number of para-hydroxylation sites is 3. The Morgan fingerprint density at radius 2 is 1.48 bits per heavy atom. The van der Waals surface area contributed by atoms with Crippen molar-refractivity contribution in [2.75, 3.05) is 0 Å². The molecule has 190 valence electrons. The summed E-state index contributed by atoms with van der Waals surface area (Å²) in [6.07, 6.45) is 6.05. The van der Waals surface area contributed by atoms with Crippen LogP contribution in [-0.4, -0.2) is 23.7 Å². The summed E-state index contributed by atoms with van der Waals surface area (Å²) in [6, 6.07) is 40.4. The van der Waals surface area contributed by atoms with Crippen molar-refractivity contribution in [3.63, 3.8) is 0 Å². The molecule has 0 saturated heterocycles. The molecule has 0 bridgehead atoms. The molecule has 0 aliphatic rings. The van der Waals surface area contributed by atoms with Gasteiger partial charge in [0.25, 0.3) is 0 Å². The summed E-state index contributed by atoms with van der Waals surface area (Å²) < 4.78 is 6.75. The number of nitrogens with zero attached hydrogens (tertiary/aromatic N) is 5. The zero-order chi connectivity index (χ0) is 26.6. The van der Waals surface area contributed by atoms with Crippen LogP contribution >= 0.6 is 0 Å². The number of pyridine rings is 1. The molecule has 0 aliphatic heterocycles. The summed E-state index contributed by atoms with van der Waals surface area (Å²) in [5.41, 5.74) is 9.75. The molecular weight excluding hydrogens is 490 g/mol. The first-order chi connectivity index (χ1) is 19.8. The van der Waals surface area contributed by atoms with E-state index in [9.17, 15) is 0 Å². The van der Waals surface area contributed by atoms with Gasteiger partial charge in [-0.15, -0.1) is 0 Å². The molecule has 8 rings (SSSR count). The normalized spacial score (nSPS) is 11.6. The largest absolute Gasteiger partial charge is 0.327 e. The number of imidazole rings is 1. The molecule has 0 N–H and O–H groups in total. The molecule has 5 nitrogen and oxygen atoms in total. The van der Waals surface area contributed by atoms with Crippen molar-refractivity contribution in [1.29, 1.82) is 0 Å². The molecule has 0 spiro atoms. The van der Waals surface area contributed by atoms with Crippen molar-refractivity contribution >= 4 is 32.8 Å². The summed E-state index contributed by atoms with van der Waals surface area (Å²) in [4.78, 5) is 9.61. The van der Waals surface area contributed by atoms with Crippen molar-refractivity contribution in [2.24, 2.45) is 7.05 Å². The Morgan fingerprint density at radius 3 is 2.33 bits per heavy atom. The van der Waals surface area contributed by atoms with Gasteiger partial charge in [-0.3, -0.25) is 4.98 Å². The highest BCUT2D eigenvalue weighted by atomic mass is 15.1. The molecule has 5 heteroatoms. The van der Waals surface area contributed by atoms with Crippen molar-refractivity contribution in [3.05, 3.63) is 134 Å². The molecule has 0 atom stereocenters. The Kier molecular flexibility index (Phi) is 4.97. The van der Waals surface area contributed by atoms with Crippen molar-refractivity contribution in [1.82, 2.24) is 23.7 Å². The second-order valence-corrected chi connectivity index (χ2v) is 10.1. The summed E-state index contributed by atoms with van der Waals surface area (Å²) >= 11 is 0. The SMILES string of the molecule is Cn1c(-c2ccc3c4cccc(-n5cccc5)c4n(-c4cccc(-c5ccccn5)c4)c3c2)nc2ccccc21. The van der Waals surface area contributed by atoms with E-state index in [2.05, 4.69) is 135 Å². The van der Waals surface area contributed by atoms with E-state index in [0.29, 0.717) is 0 Å². The average Bonchev–Trinajstić information content (AvgIpc) is 3.74. The third-order valence-corrected chi connectivity index (χ3v) is 7.76. The van der Waals surface area contributed by atoms with E-state index in [1.165, 1.54) is 10.8 Å². The summed E-state index contributed by atoms with van der Waals surface area (Å²) in [5.74, 6) is 0.952. The number of aryl methyl sites for hydroxylation is 1. The van der Waals surface area contributed by atoms with Gasteiger partial charge in [0.1, 0.15) is 5.82 Å². The highest BCUT2D eigenvalue weighted by Crippen LogP contribution is 2.38. The second kappa shape index (κ2) is 8.82. The van der Waals surface area contributed by atoms with Gasteiger partial charge in [-0.25, -0.2) is 4.98 Å². The molecule has 4 aromatic heterocycles. The van der Waals surface area contributed by atoms with Crippen LogP contribution in [0.3, 0.4) is 0 Å². The van der Waals surface area contributed by atoms with Crippen LogP contribution in [0.1, 0.15) is 0 Å². The number of fused-ring (bicyclic) bond motifs is 4. The maximum Gasteiger partial charge on any atom is 0.140 e. The quantitative estimate of drug-likeness (QED) is 0.237. The van der Waals surface area contributed by atoms with Crippen LogP contribution in [0.4, 0.5) is 0 Å². The van der Waals surface area contributed by atoms with E-state index in [4.69, 9.17) is 4.98 Å². The van der Waals surface area contributed by atoms with Gasteiger partial charge in [0.05, 0.1) is 33.4 Å².